The average Bonchev–Trinajstić information content (AvgIpc) is 2.56. The molecular formula is C16H27N3O4S. The number of nitrogens with two attached hydrogens (primary N) is 1. The summed E-state index contributed by atoms with van der Waals surface area (Å²) in [5, 5.41) is 10.7. The SMILES string of the molecule is CCCCC(N)CCN(CCC)S(=O)(=O)c1ccc([N+](=O)[O-])cc1. The molecule has 0 saturated heterocycles. The van der Waals surface area contributed by atoms with Crippen molar-refractivity contribution >= 4 is 15.7 Å². The minimum absolute atomic E-state index is 0.0173. The molecule has 1 aromatic carbocycles. The molecule has 1 unspecified atom stereocenters. The zero-order valence-corrected chi connectivity index (χ0v) is 15.2. The van der Waals surface area contributed by atoms with Crippen LogP contribution in [0.5, 0.6) is 0 Å². The first-order chi connectivity index (χ1) is 11.3. The molecule has 0 saturated carbocycles. The van der Waals surface area contributed by atoms with Gasteiger partial charge in [0, 0.05) is 31.3 Å². The summed E-state index contributed by atoms with van der Waals surface area (Å²) in [6.45, 7) is 4.77. The number of sulfonamides is 1. The Morgan fingerprint density at radius 2 is 1.75 bits per heavy atom. The lowest BCUT2D eigenvalue weighted by atomic mass is 10.1. The van der Waals surface area contributed by atoms with Crippen LogP contribution in [0.3, 0.4) is 0 Å². The Labute approximate surface area is 144 Å². The van der Waals surface area contributed by atoms with Crippen LogP contribution in [-0.2, 0) is 10.0 Å². The second-order valence-electron chi connectivity index (χ2n) is 5.85. The molecule has 0 aromatic heterocycles. The molecule has 0 aliphatic rings. The summed E-state index contributed by atoms with van der Waals surface area (Å²) < 4.78 is 26.9. The first kappa shape index (κ1) is 20.5. The van der Waals surface area contributed by atoms with Crippen molar-refractivity contribution in [3.63, 3.8) is 0 Å². The van der Waals surface area contributed by atoms with Gasteiger partial charge in [-0.25, -0.2) is 8.42 Å². The largest absolute Gasteiger partial charge is 0.328 e. The highest BCUT2D eigenvalue weighted by molar-refractivity contribution is 7.89. The van der Waals surface area contributed by atoms with Crippen LogP contribution in [0, 0.1) is 10.1 Å². The van der Waals surface area contributed by atoms with Gasteiger partial charge >= 0.3 is 0 Å². The standard InChI is InChI=1S/C16H27N3O4S/c1-3-5-6-14(17)11-13-18(12-4-2)24(22,23)16-9-7-15(8-10-16)19(20)21/h7-10,14H,3-6,11-13,17H2,1-2H3. The van der Waals surface area contributed by atoms with E-state index >= 15 is 0 Å². The van der Waals surface area contributed by atoms with Crippen LogP contribution < -0.4 is 5.73 Å². The fourth-order valence-corrected chi connectivity index (χ4v) is 3.96. The molecule has 0 aliphatic heterocycles. The third-order valence-corrected chi connectivity index (χ3v) is 5.75. The molecule has 2 N–H and O–H groups in total. The molecule has 8 heteroatoms. The normalized spacial score (nSPS) is 13.2. The lowest BCUT2D eigenvalue weighted by molar-refractivity contribution is -0.384. The molecule has 7 nitrogen and oxygen atoms in total. The molecule has 136 valence electrons. The number of unbranched alkanes of at least 4 members (excludes halogenated alkanes) is 1. The minimum atomic E-state index is -3.67. The highest BCUT2D eigenvalue weighted by atomic mass is 32.2. The third-order valence-electron chi connectivity index (χ3n) is 3.84. The lowest BCUT2D eigenvalue weighted by Gasteiger charge is -2.23. The molecule has 0 aliphatic carbocycles. The van der Waals surface area contributed by atoms with E-state index in [4.69, 9.17) is 5.73 Å². The van der Waals surface area contributed by atoms with E-state index in [0.717, 1.165) is 19.3 Å². The van der Waals surface area contributed by atoms with Gasteiger partial charge in [0.1, 0.15) is 0 Å². The number of hydrogen-bond acceptors (Lipinski definition) is 5. The third kappa shape index (κ3) is 5.85. The van der Waals surface area contributed by atoms with Crippen molar-refractivity contribution in [1.82, 2.24) is 4.31 Å². The van der Waals surface area contributed by atoms with E-state index in [9.17, 15) is 18.5 Å². The van der Waals surface area contributed by atoms with Gasteiger partial charge in [0.15, 0.2) is 0 Å². The number of nitro groups is 1. The maximum Gasteiger partial charge on any atom is 0.269 e. The first-order valence-corrected chi connectivity index (χ1v) is 9.77. The van der Waals surface area contributed by atoms with Crippen LogP contribution >= 0.6 is 0 Å². The van der Waals surface area contributed by atoms with Crippen LogP contribution in [0.15, 0.2) is 29.2 Å². The summed E-state index contributed by atoms with van der Waals surface area (Å²) in [6.07, 6.45) is 4.27. The molecule has 0 radical (unpaired) electrons. The summed E-state index contributed by atoms with van der Waals surface area (Å²) >= 11 is 0. The zero-order valence-electron chi connectivity index (χ0n) is 14.3. The van der Waals surface area contributed by atoms with Gasteiger partial charge in [0.05, 0.1) is 9.82 Å². The Hall–Kier alpha value is -1.51. The van der Waals surface area contributed by atoms with Gasteiger partial charge in [0.25, 0.3) is 5.69 Å². The Balaban J connectivity index is 2.86. The number of hydrogen-bond donors (Lipinski definition) is 1. The average molecular weight is 357 g/mol. The summed E-state index contributed by atoms with van der Waals surface area (Å²) in [7, 11) is -3.67. The molecule has 0 fully saturated rings. The fourth-order valence-electron chi connectivity index (χ4n) is 2.41. The van der Waals surface area contributed by atoms with Crippen LogP contribution in [-0.4, -0.2) is 36.8 Å². The summed E-state index contributed by atoms with van der Waals surface area (Å²) in [4.78, 5) is 10.2. The highest BCUT2D eigenvalue weighted by Crippen LogP contribution is 2.20. The van der Waals surface area contributed by atoms with Gasteiger partial charge in [-0.3, -0.25) is 10.1 Å². The predicted octanol–water partition coefficient (Wildman–Crippen LogP) is 2.90. The topological polar surface area (TPSA) is 107 Å². The van der Waals surface area contributed by atoms with Gasteiger partial charge in [0.2, 0.25) is 10.0 Å². The number of benzene rings is 1. The van der Waals surface area contributed by atoms with Crippen molar-refractivity contribution in [3.05, 3.63) is 34.4 Å². The van der Waals surface area contributed by atoms with E-state index in [0.29, 0.717) is 25.9 Å². The molecule has 1 atom stereocenters. The summed E-state index contributed by atoms with van der Waals surface area (Å²) in [6, 6.07) is 4.98. The predicted molar refractivity (Wildman–Crippen MR) is 94.3 cm³/mol. The van der Waals surface area contributed by atoms with Crippen LogP contribution in [0.4, 0.5) is 5.69 Å². The lowest BCUT2D eigenvalue weighted by Crippen LogP contribution is -2.36. The number of nitrogens with zero attached hydrogens (tertiary/aromatic N) is 2. The van der Waals surface area contributed by atoms with Crippen molar-refractivity contribution in [1.29, 1.82) is 0 Å². The maximum atomic E-state index is 12.7. The van der Waals surface area contributed by atoms with E-state index < -0.39 is 14.9 Å². The smallest absolute Gasteiger partial charge is 0.269 e. The van der Waals surface area contributed by atoms with E-state index in [1.807, 2.05) is 6.92 Å². The Morgan fingerprint density at radius 1 is 1.12 bits per heavy atom. The van der Waals surface area contributed by atoms with E-state index in [1.165, 1.54) is 28.6 Å². The van der Waals surface area contributed by atoms with Gasteiger partial charge in [-0.15, -0.1) is 0 Å². The van der Waals surface area contributed by atoms with Crippen LogP contribution in [0.1, 0.15) is 46.0 Å². The van der Waals surface area contributed by atoms with Gasteiger partial charge < -0.3 is 5.73 Å². The second-order valence-corrected chi connectivity index (χ2v) is 7.78. The molecule has 1 aromatic rings. The number of nitro benzene ring substituents is 1. The second kappa shape index (κ2) is 9.71. The van der Waals surface area contributed by atoms with E-state index in [1.54, 1.807) is 0 Å². The van der Waals surface area contributed by atoms with Crippen molar-refractivity contribution in [2.75, 3.05) is 13.1 Å². The monoisotopic (exact) mass is 357 g/mol. The first-order valence-electron chi connectivity index (χ1n) is 8.33. The zero-order chi connectivity index (χ0) is 18.2. The molecular weight excluding hydrogens is 330 g/mol. The van der Waals surface area contributed by atoms with Crippen LogP contribution in [0.2, 0.25) is 0 Å². The van der Waals surface area contributed by atoms with E-state index in [2.05, 4.69) is 6.92 Å². The molecule has 1 rings (SSSR count). The summed E-state index contributed by atoms with van der Waals surface area (Å²) in [5.41, 5.74) is 5.92. The Kier molecular flexibility index (Phi) is 8.30. The highest BCUT2D eigenvalue weighted by Gasteiger charge is 2.24. The molecule has 0 amide bonds. The quantitative estimate of drug-likeness (QED) is 0.484. The van der Waals surface area contributed by atoms with Gasteiger partial charge in [-0.05, 0) is 31.4 Å². The molecule has 0 spiro atoms. The number of non-ortho nitro benzene ring substituents is 1. The summed E-state index contributed by atoms with van der Waals surface area (Å²) in [5.74, 6) is 0. The van der Waals surface area contributed by atoms with Crippen LogP contribution in [0.25, 0.3) is 0 Å². The molecule has 0 heterocycles. The maximum absolute atomic E-state index is 12.7. The Morgan fingerprint density at radius 3 is 2.25 bits per heavy atom. The number of rotatable bonds is 11. The Bertz CT molecular complexity index is 617. The van der Waals surface area contributed by atoms with Crippen molar-refractivity contribution in [3.8, 4) is 0 Å². The van der Waals surface area contributed by atoms with Gasteiger partial charge in [-0.2, -0.15) is 4.31 Å². The van der Waals surface area contributed by atoms with Crippen molar-refractivity contribution in [2.24, 2.45) is 5.73 Å². The molecule has 0 bridgehead atoms. The molecule has 24 heavy (non-hydrogen) atoms. The van der Waals surface area contributed by atoms with Gasteiger partial charge in [-0.1, -0.05) is 26.7 Å². The van der Waals surface area contributed by atoms with Crippen molar-refractivity contribution in [2.45, 2.75) is 56.9 Å². The fraction of sp³-hybridized carbons (Fsp3) is 0.625. The van der Waals surface area contributed by atoms with E-state index in [-0.39, 0.29) is 16.6 Å². The minimum Gasteiger partial charge on any atom is -0.328 e. The van der Waals surface area contributed by atoms with Crippen molar-refractivity contribution < 1.29 is 13.3 Å².